The van der Waals surface area contributed by atoms with Crippen molar-refractivity contribution in [2.45, 2.75) is 0 Å². The van der Waals surface area contributed by atoms with Gasteiger partial charge < -0.3 is 20.4 Å². The van der Waals surface area contributed by atoms with E-state index in [1.54, 1.807) is 0 Å². The fraction of sp³-hybridized carbons (Fsp3) is 0. The zero-order chi connectivity index (χ0) is 12.5. The molecule has 0 aromatic heterocycles. The number of aromatic carboxylic acids is 3. The maximum Gasteiger partial charge on any atom is 0.339 e. The van der Waals surface area contributed by atoms with E-state index in [1.807, 2.05) is 0 Å². The Morgan fingerprint density at radius 2 is 1.12 bits per heavy atom. The second-order valence-corrected chi connectivity index (χ2v) is 2.83. The van der Waals surface area contributed by atoms with Gasteiger partial charge in [-0.25, -0.2) is 14.4 Å². The molecular weight excluding hydrogens is 220 g/mol. The molecule has 0 spiro atoms. The predicted octanol–water partition coefficient (Wildman–Crippen LogP) is 0.487. The number of carbonyl (C=O) groups is 3. The van der Waals surface area contributed by atoms with E-state index >= 15 is 0 Å². The minimum absolute atomic E-state index is 0.592. The molecule has 0 saturated heterocycles. The summed E-state index contributed by atoms with van der Waals surface area (Å²) in [7, 11) is 0. The van der Waals surface area contributed by atoms with Crippen molar-refractivity contribution >= 4 is 17.9 Å². The Bertz CT molecular complexity index is 489. The molecule has 0 saturated carbocycles. The maximum absolute atomic E-state index is 10.7. The Balaban J connectivity index is 3.55. The van der Waals surface area contributed by atoms with Crippen LogP contribution in [0.25, 0.3) is 0 Å². The Hall–Kier alpha value is -2.57. The number of carboxylic acid groups (broad SMARTS) is 3. The molecule has 0 aliphatic rings. The van der Waals surface area contributed by atoms with Gasteiger partial charge in [0.15, 0.2) is 0 Å². The van der Waals surface area contributed by atoms with Crippen molar-refractivity contribution in [2.75, 3.05) is 0 Å². The zero-order valence-corrected chi connectivity index (χ0v) is 7.67. The van der Waals surface area contributed by atoms with E-state index in [1.165, 1.54) is 0 Å². The molecule has 1 aromatic rings. The molecule has 1 aromatic carbocycles. The molecule has 7 nitrogen and oxygen atoms in total. The molecule has 16 heavy (non-hydrogen) atoms. The molecule has 0 unspecified atom stereocenters. The van der Waals surface area contributed by atoms with Crippen molar-refractivity contribution in [3.63, 3.8) is 0 Å². The number of benzene rings is 1. The van der Waals surface area contributed by atoms with Crippen molar-refractivity contribution in [3.05, 3.63) is 28.8 Å². The Morgan fingerprint density at radius 1 is 0.750 bits per heavy atom. The second-order valence-electron chi connectivity index (χ2n) is 2.83. The van der Waals surface area contributed by atoms with Crippen LogP contribution in [0.2, 0.25) is 0 Å². The van der Waals surface area contributed by atoms with Crippen LogP contribution < -0.4 is 0 Å². The molecule has 0 fully saturated rings. The Labute approximate surface area is 88.2 Å². The third-order valence-electron chi connectivity index (χ3n) is 1.83. The van der Waals surface area contributed by atoms with Gasteiger partial charge in [-0.3, -0.25) is 0 Å². The minimum atomic E-state index is -1.58. The molecular formula is C9H6O7. The summed E-state index contributed by atoms with van der Waals surface area (Å²) < 4.78 is 0. The average molecular weight is 226 g/mol. The van der Waals surface area contributed by atoms with Crippen molar-refractivity contribution in [1.29, 1.82) is 0 Å². The Kier molecular flexibility index (Phi) is 2.80. The van der Waals surface area contributed by atoms with Gasteiger partial charge in [0.2, 0.25) is 0 Å². The molecule has 84 valence electrons. The van der Waals surface area contributed by atoms with Crippen molar-refractivity contribution in [3.8, 4) is 5.75 Å². The van der Waals surface area contributed by atoms with Crippen LogP contribution in [0.5, 0.6) is 5.75 Å². The van der Waals surface area contributed by atoms with E-state index in [2.05, 4.69) is 0 Å². The van der Waals surface area contributed by atoms with Crippen LogP contribution in [0, 0.1) is 0 Å². The maximum atomic E-state index is 10.7. The molecule has 0 bridgehead atoms. The van der Waals surface area contributed by atoms with Gasteiger partial charge in [-0.2, -0.15) is 0 Å². The van der Waals surface area contributed by atoms with E-state index in [0.29, 0.717) is 12.1 Å². The van der Waals surface area contributed by atoms with Gasteiger partial charge in [0.1, 0.15) is 11.3 Å². The van der Waals surface area contributed by atoms with E-state index in [9.17, 15) is 19.5 Å². The van der Waals surface area contributed by atoms with Gasteiger partial charge in [0.25, 0.3) is 0 Å². The van der Waals surface area contributed by atoms with E-state index in [0.717, 1.165) is 0 Å². The smallest absolute Gasteiger partial charge is 0.339 e. The normalized spacial score (nSPS) is 9.75. The first kappa shape index (κ1) is 11.5. The zero-order valence-electron chi connectivity index (χ0n) is 7.67. The van der Waals surface area contributed by atoms with Gasteiger partial charge in [-0.15, -0.1) is 0 Å². The van der Waals surface area contributed by atoms with Crippen molar-refractivity contribution in [1.82, 2.24) is 0 Å². The van der Waals surface area contributed by atoms with Crippen molar-refractivity contribution < 1.29 is 34.8 Å². The summed E-state index contributed by atoms with van der Waals surface area (Å²) in [5.74, 6) is -5.49. The highest BCUT2D eigenvalue weighted by Gasteiger charge is 2.21. The summed E-state index contributed by atoms with van der Waals surface area (Å²) >= 11 is 0. The van der Waals surface area contributed by atoms with Crippen LogP contribution >= 0.6 is 0 Å². The van der Waals surface area contributed by atoms with Gasteiger partial charge in [-0.05, 0) is 12.1 Å². The highest BCUT2D eigenvalue weighted by Crippen LogP contribution is 2.23. The lowest BCUT2D eigenvalue weighted by Gasteiger charge is -2.05. The molecule has 7 heteroatoms. The largest absolute Gasteiger partial charge is 0.507 e. The number of rotatable bonds is 3. The first-order chi connectivity index (χ1) is 7.34. The van der Waals surface area contributed by atoms with Crippen molar-refractivity contribution in [2.24, 2.45) is 0 Å². The topological polar surface area (TPSA) is 132 Å². The lowest BCUT2D eigenvalue weighted by atomic mass is 10.0. The number of hydrogen-bond donors (Lipinski definition) is 4. The summed E-state index contributed by atoms with van der Waals surface area (Å²) in [6.07, 6.45) is 0. The first-order valence-corrected chi connectivity index (χ1v) is 3.91. The minimum Gasteiger partial charge on any atom is -0.507 e. The third kappa shape index (κ3) is 1.92. The fourth-order valence-corrected chi connectivity index (χ4v) is 1.11. The van der Waals surface area contributed by atoms with Crippen LogP contribution in [0.15, 0.2) is 12.1 Å². The van der Waals surface area contributed by atoms with E-state index in [4.69, 9.17) is 15.3 Å². The summed E-state index contributed by atoms with van der Waals surface area (Å²) in [6.45, 7) is 0. The number of phenols is 1. The molecule has 0 heterocycles. The van der Waals surface area contributed by atoms with Gasteiger partial charge in [-0.1, -0.05) is 0 Å². The lowest BCUT2D eigenvalue weighted by Crippen LogP contribution is -2.10. The molecule has 0 aliphatic carbocycles. The first-order valence-electron chi connectivity index (χ1n) is 3.91. The van der Waals surface area contributed by atoms with Crippen LogP contribution in [0.4, 0.5) is 0 Å². The van der Waals surface area contributed by atoms with Gasteiger partial charge in [0.05, 0.1) is 11.1 Å². The molecule has 0 radical (unpaired) electrons. The summed E-state index contributed by atoms with van der Waals surface area (Å²) in [5.41, 5.74) is -2.03. The van der Waals surface area contributed by atoms with Crippen LogP contribution in [-0.2, 0) is 0 Å². The van der Waals surface area contributed by atoms with Crippen LogP contribution in [-0.4, -0.2) is 38.3 Å². The standard InChI is InChI=1S/C9H6O7/c10-6-2-4(8(13)14)3(7(11)12)1-5(6)9(15)16/h1-2,10H,(H,11,12)(H,13,14)(H,15,16). The highest BCUT2D eigenvalue weighted by atomic mass is 16.4. The molecule has 0 atom stereocenters. The monoisotopic (exact) mass is 226 g/mol. The van der Waals surface area contributed by atoms with Crippen LogP contribution in [0.3, 0.4) is 0 Å². The molecule has 0 amide bonds. The molecule has 0 aliphatic heterocycles. The summed E-state index contributed by atoms with van der Waals surface area (Å²) in [4.78, 5) is 31.9. The predicted molar refractivity (Wildman–Crippen MR) is 49.0 cm³/mol. The SMILES string of the molecule is O=C(O)c1cc(C(=O)O)c(C(=O)O)cc1O. The highest BCUT2D eigenvalue weighted by molar-refractivity contribution is 6.04. The summed E-state index contributed by atoms with van der Waals surface area (Å²) in [5, 5.41) is 35.1. The Morgan fingerprint density at radius 3 is 1.50 bits per heavy atom. The third-order valence-corrected chi connectivity index (χ3v) is 1.83. The fourth-order valence-electron chi connectivity index (χ4n) is 1.11. The van der Waals surface area contributed by atoms with E-state index < -0.39 is 40.3 Å². The van der Waals surface area contributed by atoms with Gasteiger partial charge in [0, 0.05) is 0 Å². The number of hydrogen-bond acceptors (Lipinski definition) is 4. The average Bonchev–Trinajstić information content (AvgIpc) is 2.15. The molecule has 4 N–H and O–H groups in total. The van der Waals surface area contributed by atoms with Crippen LogP contribution in [0.1, 0.15) is 31.1 Å². The summed E-state index contributed by atoms with van der Waals surface area (Å²) in [6, 6.07) is 1.19. The van der Waals surface area contributed by atoms with Gasteiger partial charge >= 0.3 is 17.9 Å². The molecule has 1 rings (SSSR count). The second kappa shape index (κ2) is 3.89. The number of aromatic hydroxyl groups is 1. The quantitative estimate of drug-likeness (QED) is 0.589. The van der Waals surface area contributed by atoms with E-state index in [-0.39, 0.29) is 0 Å². The number of carboxylic acids is 3. The lowest BCUT2D eigenvalue weighted by molar-refractivity contribution is 0.0648.